The number of amides is 2. The maximum atomic E-state index is 13.5. The molecule has 1 fully saturated rings. The van der Waals surface area contributed by atoms with Crippen molar-refractivity contribution in [1.82, 2.24) is 10.6 Å². The lowest BCUT2D eigenvalue weighted by Crippen LogP contribution is -2.49. The highest BCUT2D eigenvalue weighted by atomic mass is 19.1. The molecule has 7 heteroatoms. The van der Waals surface area contributed by atoms with E-state index in [1.54, 1.807) is 45.0 Å². The molecule has 3 rings (SSSR count). The van der Waals surface area contributed by atoms with Crippen LogP contribution in [0.15, 0.2) is 48.5 Å². The third kappa shape index (κ3) is 9.78. The van der Waals surface area contributed by atoms with Crippen LogP contribution in [-0.2, 0) is 9.53 Å². The molecule has 1 saturated carbocycles. The molecule has 2 amide bonds. The van der Waals surface area contributed by atoms with Gasteiger partial charge >= 0.3 is 6.09 Å². The molecule has 37 heavy (non-hydrogen) atoms. The van der Waals surface area contributed by atoms with Crippen LogP contribution in [0.1, 0.15) is 89.2 Å². The van der Waals surface area contributed by atoms with Crippen molar-refractivity contribution in [2.24, 2.45) is 5.92 Å². The van der Waals surface area contributed by atoms with Gasteiger partial charge in [0.2, 0.25) is 5.91 Å². The van der Waals surface area contributed by atoms with E-state index >= 15 is 0 Å². The van der Waals surface area contributed by atoms with Gasteiger partial charge in [0.25, 0.3) is 0 Å². The highest BCUT2D eigenvalue weighted by Gasteiger charge is 2.28. The Morgan fingerprint density at radius 3 is 1.97 bits per heavy atom. The topological polar surface area (TPSA) is 67.4 Å². The minimum atomic E-state index is -0.650. The second kappa shape index (κ2) is 13.5. The summed E-state index contributed by atoms with van der Waals surface area (Å²) in [4.78, 5) is 25.5. The van der Waals surface area contributed by atoms with Gasteiger partial charge in [0.1, 0.15) is 23.3 Å². The highest BCUT2D eigenvalue weighted by molar-refractivity contribution is 5.85. The molecule has 0 unspecified atom stereocenters. The van der Waals surface area contributed by atoms with E-state index in [0.29, 0.717) is 31.7 Å². The van der Waals surface area contributed by atoms with Crippen LogP contribution in [0.3, 0.4) is 0 Å². The zero-order valence-electron chi connectivity index (χ0n) is 22.2. The van der Waals surface area contributed by atoms with E-state index in [0.717, 1.165) is 36.8 Å². The lowest BCUT2D eigenvalue weighted by atomic mass is 9.84. The van der Waals surface area contributed by atoms with Gasteiger partial charge < -0.3 is 15.4 Å². The Hall–Kier alpha value is -2.96. The van der Waals surface area contributed by atoms with E-state index < -0.39 is 17.7 Å². The third-order valence-corrected chi connectivity index (χ3v) is 6.81. The fourth-order valence-electron chi connectivity index (χ4n) is 4.99. The van der Waals surface area contributed by atoms with Gasteiger partial charge in [-0.25, -0.2) is 13.6 Å². The number of rotatable bonds is 10. The van der Waals surface area contributed by atoms with Crippen LogP contribution in [0.4, 0.5) is 13.6 Å². The van der Waals surface area contributed by atoms with Gasteiger partial charge in [-0.15, -0.1) is 0 Å². The Labute approximate surface area is 219 Å². The van der Waals surface area contributed by atoms with E-state index in [1.165, 1.54) is 30.7 Å². The fourth-order valence-corrected chi connectivity index (χ4v) is 4.99. The maximum Gasteiger partial charge on any atom is 0.408 e. The van der Waals surface area contributed by atoms with E-state index in [4.69, 9.17) is 4.74 Å². The first-order chi connectivity index (χ1) is 17.6. The molecule has 0 heterocycles. The van der Waals surface area contributed by atoms with Gasteiger partial charge in [0, 0.05) is 12.5 Å². The molecule has 0 radical (unpaired) electrons. The van der Waals surface area contributed by atoms with E-state index in [1.807, 2.05) is 0 Å². The zero-order valence-corrected chi connectivity index (χ0v) is 22.2. The molecule has 2 aromatic rings. The van der Waals surface area contributed by atoms with Gasteiger partial charge in [0.15, 0.2) is 0 Å². The summed E-state index contributed by atoms with van der Waals surface area (Å²) in [6.07, 6.45) is 7.01. The van der Waals surface area contributed by atoms with Crippen molar-refractivity contribution in [3.8, 4) is 0 Å². The number of halogens is 2. The summed E-state index contributed by atoms with van der Waals surface area (Å²) in [5.41, 5.74) is 1.22. The second-order valence-corrected chi connectivity index (χ2v) is 11.0. The Morgan fingerprint density at radius 2 is 1.46 bits per heavy atom. The van der Waals surface area contributed by atoms with E-state index in [9.17, 15) is 18.4 Å². The van der Waals surface area contributed by atoms with Crippen LogP contribution in [0, 0.1) is 17.6 Å². The van der Waals surface area contributed by atoms with Crippen molar-refractivity contribution in [2.75, 3.05) is 6.54 Å². The van der Waals surface area contributed by atoms with Crippen LogP contribution < -0.4 is 10.6 Å². The highest BCUT2D eigenvalue weighted by Crippen LogP contribution is 2.30. The summed E-state index contributed by atoms with van der Waals surface area (Å²) in [6.45, 7) is 5.80. The molecule has 0 bridgehead atoms. The smallest absolute Gasteiger partial charge is 0.408 e. The number of carbonyl (C=O) groups is 2. The summed E-state index contributed by atoms with van der Waals surface area (Å²) in [5.74, 6) is -0.487. The number of benzene rings is 2. The van der Waals surface area contributed by atoms with Crippen molar-refractivity contribution in [2.45, 2.75) is 89.7 Å². The molecule has 0 saturated heterocycles. The summed E-state index contributed by atoms with van der Waals surface area (Å²) < 4.78 is 32.4. The van der Waals surface area contributed by atoms with Crippen LogP contribution in [-0.4, -0.2) is 30.2 Å². The number of nitrogens with one attached hydrogen (secondary N) is 2. The molecule has 0 aromatic heterocycles. The van der Waals surface area contributed by atoms with Crippen LogP contribution in [0.2, 0.25) is 0 Å². The summed E-state index contributed by atoms with van der Waals surface area (Å²) in [5, 5.41) is 5.78. The predicted molar refractivity (Wildman–Crippen MR) is 141 cm³/mol. The summed E-state index contributed by atoms with van der Waals surface area (Å²) in [7, 11) is 0. The first-order valence-corrected chi connectivity index (χ1v) is 13.4. The number of carbonyl (C=O) groups excluding carboxylic acids is 2. The van der Waals surface area contributed by atoms with Gasteiger partial charge in [-0.3, -0.25) is 4.79 Å². The van der Waals surface area contributed by atoms with E-state index in [-0.39, 0.29) is 23.5 Å². The molecule has 0 aliphatic heterocycles. The van der Waals surface area contributed by atoms with Crippen LogP contribution in [0.5, 0.6) is 0 Å². The second-order valence-electron chi connectivity index (χ2n) is 11.0. The molecular formula is C30H40F2N2O3. The number of hydrogen-bond donors (Lipinski definition) is 2. The molecule has 0 spiro atoms. The SMILES string of the molecule is CC(C)(C)OC(=O)N[C@@H](CC1CCCCC1)C(=O)NCCCC(c1ccc(F)cc1)c1ccc(F)cc1. The van der Waals surface area contributed by atoms with E-state index in [2.05, 4.69) is 10.6 Å². The quantitative estimate of drug-likeness (QED) is 0.341. The van der Waals surface area contributed by atoms with Crippen molar-refractivity contribution in [3.63, 3.8) is 0 Å². The molecule has 202 valence electrons. The van der Waals surface area contributed by atoms with Gasteiger partial charge in [-0.2, -0.15) is 0 Å². The summed E-state index contributed by atoms with van der Waals surface area (Å²) >= 11 is 0. The number of ether oxygens (including phenoxy) is 1. The Balaban J connectivity index is 1.60. The van der Waals surface area contributed by atoms with Crippen molar-refractivity contribution < 1.29 is 23.1 Å². The lowest BCUT2D eigenvalue weighted by molar-refractivity contribution is -0.123. The molecule has 1 aliphatic rings. The molecule has 5 nitrogen and oxygen atoms in total. The lowest BCUT2D eigenvalue weighted by Gasteiger charge is -2.28. The van der Waals surface area contributed by atoms with Gasteiger partial charge in [-0.1, -0.05) is 56.4 Å². The normalized spacial score (nSPS) is 15.3. The average Bonchev–Trinajstić information content (AvgIpc) is 2.84. The third-order valence-electron chi connectivity index (χ3n) is 6.81. The van der Waals surface area contributed by atoms with Crippen molar-refractivity contribution in [3.05, 3.63) is 71.3 Å². The number of alkyl carbamates (subject to hydrolysis) is 1. The number of hydrogen-bond acceptors (Lipinski definition) is 3. The first-order valence-electron chi connectivity index (χ1n) is 13.4. The Morgan fingerprint density at radius 1 is 0.919 bits per heavy atom. The van der Waals surface area contributed by atoms with Crippen LogP contribution in [0.25, 0.3) is 0 Å². The standard InChI is InChI=1S/C30H40F2N2O3/c1-30(2,3)37-29(36)34-27(20-21-8-5-4-6-9-21)28(35)33-19-7-10-26(22-11-15-24(31)16-12-22)23-13-17-25(32)18-14-23/h11-18,21,26-27H,4-10,19-20H2,1-3H3,(H,33,35)(H,34,36)/t27-/m0/s1. The Bertz CT molecular complexity index is 951. The van der Waals surface area contributed by atoms with Crippen molar-refractivity contribution >= 4 is 12.0 Å². The predicted octanol–water partition coefficient (Wildman–Crippen LogP) is 6.86. The first kappa shape index (κ1) is 28.6. The van der Waals surface area contributed by atoms with Crippen molar-refractivity contribution in [1.29, 1.82) is 0 Å². The minimum absolute atomic E-state index is 0.0592. The molecular weight excluding hydrogens is 474 g/mol. The van der Waals surface area contributed by atoms with Gasteiger partial charge in [-0.05, 0) is 81.3 Å². The Kier molecular flexibility index (Phi) is 10.5. The van der Waals surface area contributed by atoms with Gasteiger partial charge in [0.05, 0.1) is 0 Å². The molecule has 1 atom stereocenters. The average molecular weight is 515 g/mol. The largest absolute Gasteiger partial charge is 0.444 e. The molecule has 1 aliphatic carbocycles. The fraction of sp³-hybridized carbons (Fsp3) is 0.533. The summed E-state index contributed by atoms with van der Waals surface area (Å²) in [6, 6.07) is 12.0. The van der Waals surface area contributed by atoms with Crippen LogP contribution >= 0.6 is 0 Å². The minimum Gasteiger partial charge on any atom is -0.444 e. The molecule has 2 aromatic carbocycles. The zero-order chi connectivity index (χ0) is 26.8. The monoisotopic (exact) mass is 514 g/mol. The maximum absolute atomic E-state index is 13.5. The molecule has 2 N–H and O–H groups in total.